The molecule has 0 radical (unpaired) electrons. The number of piperidine rings is 1. The lowest BCUT2D eigenvalue weighted by atomic mass is 9.84. The molecule has 132 valence electrons. The van der Waals surface area contributed by atoms with Gasteiger partial charge in [-0.2, -0.15) is 0 Å². The number of hydrogen-bond acceptors (Lipinski definition) is 4. The minimum atomic E-state index is -0.765. The van der Waals surface area contributed by atoms with Crippen molar-refractivity contribution in [3.05, 3.63) is 23.7 Å². The molecule has 24 heavy (non-hydrogen) atoms. The molecule has 3 heterocycles. The molecule has 0 saturated carbocycles. The van der Waals surface area contributed by atoms with E-state index in [-0.39, 0.29) is 17.9 Å². The van der Waals surface area contributed by atoms with Gasteiger partial charge in [0.2, 0.25) is 0 Å². The molecule has 1 N–H and O–H groups in total. The molecule has 1 amide bonds. The number of carboxylic acid groups (broad SMARTS) is 1. The SMILES string of the molecule is CCCc1occc1C(=O)N1CCC([C@@H]2OCCC2C(=O)O)CC1. The number of amides is 1. The quantitative estimate of drug-likeness (QED) is 0.894. The Hall–Kier alpha value is -1.82. The van der Waals surface area contributed by atoms with E-state index >= 15 is 0 Å². The molecule has 0 aromatic carbocycles. The van der Waals surface area contributed by atoms with Crippen molar-refractivity contribution in [2.75, 3.05) is 19.7 Å². The summed E-state index contributed by atoms with van der Waals surface area (Å²) in [6.45, 7) is 3.87. The Morgan fingerprint density at radius 2 is 2.04 bits per heavy atom. The Balaban J connectivity index is 1.59. The number of furan rings is 1. The summed E-state index contributed by atoms with van der Waals surface area (Å²) in [6.07, 6.45) is 5.25. The Bertz CT molecular complexity index is 588. The topological polar surface area (TPSA) is 80.0 Å². The first-order chi connectivity index (χ1) is 11.6. The van der Waals surface area contributed by atoms with Crippen LogP contribution in [0.4, 0.5) is 0 Å². The normalized spacial score (nSPS) is 25.1. The van der Waals surface area contributed by atoms with Gasteiger partial charge in [0.1, 0.15) is 5.76 Å². The first-order valence-corrected chi connectivity index (χ1v) is 8.81. The number of carboxylic acids is 1. The first kappa shape index (κ1) is 17.0. The predicted molar refractivity (Wildman–Crippen MR) is 86.8 cm³/mol. The second kappa shape index (κ2) is 7.38. The maximum Gasteiger partial charge on any atom is 0.309 e. The largest absolute Gasteiger partial charge is 0.481 e. The fourth-order valence-electron chi connectivity index (χ4n) is 3.89. The number of hydrogen-bond donors (Lipinski definition) is 1. The Morgan fingerprint density at radius 1 is 1.29 bits per heavy atom. The molecular formula is C18H25NO5. The molecule has 6 heteroatoms. The lowest BCUT2D eigenvalue weighted by Crippen LogP contribution is -2.43. The van der Waals surface area contributed by atoms with Crippen LogP contribution in [0.1, 0.15) is 48.7 Å². The predicted octanol–water partition coefficient (Wildman–Crippen LogP) is 2.57. The third kappa shape index (κ3) is 3.34. The van der Waals surface area contributed by atoms with Crippen LogP contribution in [-0.2, 0) is 16.0 Å². The van der Waals surface area contributed by atoms with Crippen molar-refractivity contribution >= 4 is 11.9 Å². The second-order valence-corrected chi connectivity index (χ2v) is 6.71. The second-order valence-electron chi connectivity index (χ2n) is 6.71. The summed E-state index contributed by atoms with van der Waals surface area (Å²) in [6, 6.07) is 1.75. The summed E-state index contributed by atoms with van der Waals surface area (Å²) in [5.74, 6) is -0.166. The van der Waals surface area contributed by atoms with Crippen molar-refractivity contribution in [1.29, 1.82) is 0 Å². The summed E-state index contributed by atoms with van der Waals surface area (Å²) in [7, 11) is 0. The van der Waals surface area contributed by atoms with E-state index < -0.39 is 11.9 Å². The van der Waals surface area contributed by atoms with Crippen LogP contribution in [-0.4, -0.2) is 47.7 Å². The van der Waals surface area contributed by atoms with Crippen LogP contribution in [0.5, 0.6) is 0 Å². The van der Waals surface area contributed by atoms with E-state index in [9.17, 15) is 14.7 Å². The third-order valence-corrected chi connectivity index (χ3v) is 5.20. The fourth-order valence-corrected chi connectivity index (χ4v) is 3.89. The lowest BCUT2D eigenvalue weighted by molar-refractivity contribution is -0.145. The van der Waals surface area contributed by atoms with Crippen LogP contribution in [0, 0.1) is 11.8 Å². The summed E-state index contributed by atoms with van der Waals surface area (Å²) >= 11 is 0. The number of aliphatic carboxylic acids is 1. The zero-order valence-corrected chi connectivity index (χ0v) is 14.1. The fraction of sp³-hybridized carbons (Fsp3) is 0.667. The van der Waals surface area contributed by atoms with Crippen LogP contribution >= 0.6 is 0 Å². The van der Waals surface area contributed by atoms with Crippen LogP contribution < -0.4 is 0 Å². The molecular weight excluding hydrogens is 310 g/mol. The van der Waals surface area contributed by atoms with E-state index in [1.54, 1.807) is 12.3 Å². The molecule has 0 bridgehead atoms. The third-order valence-electron chi connectivity index (χ3n) is 5.20. The van der Waals surface area contributed by atoms with Gasteiger partial charge in [-0.3, -0.25) is 9.59 Å². The average Bonchev–Trinajstić information content (AvgIpc) is 3.24. The van der Waals surface area contributed by atoms with Crippen molar-refractivity contribution in [3.63, 3.8) is 0 Å². The minimum absolute atomic E-state index is 0.0211. The maximum absolute atomic E-state index is 12.7. The highest BCUT2D eigenvalue weighted by Gasteiger charge is 2.41. The van der Waals surface area contributed by atoms with Gasteiger partial charge in [-0.05, 0) is 37.7 Å². The number of carbonyl (C=O) groups excluding carboxylic acids is 1. The van der Waals surface area contributed by atoms with Gasteiger partial charge in [0.25, 0.3) is 5.91 Å². The number of likely N-dealkylation sites (tertiary alicyclic amines) is 1. The van der Waals surface area contributed by atoms with Gasteiger partial charge in [-0.15, -0.1) is 0 Å². The van der Waals surface area contributed by atoms with Gasteiger partial charge < -0.3 is 19.2 Å². The Labute approximate surface area is 141 Å². The number of aryl methyl sites for hydroxylation is 1. The molecule has 2 atom stereocenters. The number of rotatable bonds is 5. The number of ether oxygens (including phenoxy) is 1. The molecule has 1 unspecified atom stereocenters. The Kier molecular flexibility index (Phi) is 5.23. The zero-order valence-electron chi connectivity index (χ0n) is 14.1. The highest BCUT2D eigenvalue weighted by atomic mass is 16.5. The van der Waals surface area contributed by atoms with E-state index in [2.05, 4.69) is 6.92 Å². The molecule has 1 aromatic rings. The molecule has 2 saturated heterocycles. The summed E-state index contributed by atoms with van der Waals surface area (Å²) in [5.41, 5.74) is 0.663. The van der Waals surface area contributed by atoms with Gasteiger partial charge in [0.05, 0.1) is 23.8 Å². The molecule has 2 aliphatic rings. The highest BCUT2D eigenvalue weighted by Crippen LogP contribution is 2.33. The molecule has 2 aliphatic heterocycles. The van der Waals surface area contributed by atoms with E-state index in [1.807, 2.05) is 4.90 Å². The van der Waals surface area contributed by atoms with Crippen LogP contribution in [0.15, 0.2) is 16.7 Å². The van der Waals surface area contributed by atoms with Crippen molar-refractivity contribution in [3.8, 4) is 0 Å². The van der Waals surface area contributed by atoms with E-state index in [1.165, 1.54) is 0 Å². The van der Waals surface area contributed by atoms with Crippen molar-refractivity contribution in [1.82, 2.24) is 4.90 Å². The van der Waals surface area contributed by atoms with Crippen molar-refractivity contribution in [2.24, 2.45) is 11.8 Å². The van der Waals surface area contributed by atoms with E-state index in [4.69, 9.17) is 9.15 Å². The molecule has 1 aromatic heterocycles. The number of nitrogens with zero attached hydrogens (tertiary/aromatic N) is 1. The smallest absolute Gasteiger partial charge is 0.309 e. The summed E-state index contributed by atoms with van der Waals surface area (Å²) in [4.78, 5) is 25.9. The zero-order chi connectivity index (χ0) is 17.1. The standard InChI is InChI=1S/C18H25NO5/c1-2-3-15-13(6-10-23-15)17(20)19-8-4-12(5-9-19)16-14(18(21)22)7-11-24-16/h6,10,12,14,16H,2-5,7-9,11H2,1H3,(H,21,22)/t14?,16-/m0/s1. The maximum atomic E-state index is 12.7. The van der Waals surface area contributed by atoms with Crippen LogP contribution in [0.2, 0.25) is 0 Å². The van der Waals surface area contributed by atoms with Gasteiger partial charge in [-0.1, -0.05) is 6.92 Å². The van der Waals surface area contributed by atoms with Crippen molar-refractivity contribution in [2.45, 2.75) is 45.1 Å². The first-order valence-electron chi connectivity index (χ1n) is 8.81. The summed E-state index contributed by atoms with van der Waals surface area (Å²) < 4.78 is 11.1. The molecule has 6 nitrogen and oxygen atoms in total. The lowest BCUT2D eigenvalue weighted by Gasteiger charge is -2.35. The highest BCUT2D eigenvalue weighted by molar-refractivity contribution is 5.95. The van der Waals surface area contributed by atoms with Crippen LogP contribution in [0.25, 0.3) is 0 Å². The Morgan fingerprint density at radius 3 is 2.71 bits per heavy atom. The van der Waals surface area contributed by atoms with Gasteiger partial charge in [0, 0.05) is 26.1 Å². The van der Waals surface area contributed by atoms with Gasteiger partial charge in [0.15, 0.2) is 0 Å². The van der Waals surface area contributed by atoms with E-state index in [0.717, 1.165) is 31.4 Å². The van der Waals surface area contributed by atoms with Crippen molar-refractivity contribution < 1.29 is 23.8 Å². The van der Waals surface area contributed by atoms with Gasteiger partial charge in [-0.25, -0.2) is 0 Å². The monoisotopic (exact) mass is 335 g/mol. The van der Waals surface area contributed by atoms with Crippen LogP contribution in [0.3, 0.4) is 0 Å². The minimum Gasteiger partial charge on any atom is -0.481 e. The summed E-state index contributed by atoms with van der Waals surface area (Å²) in [5, 5.41) is 9.31. The average molecular weight is 335 g/mol. The molecule has 0 spiro atoms. The molecule has 0 aliphatic carbocycles. The molecule has 2 fully saturated rings. The van der Waals surface area contributed by atoms with Gasteiger partial charge >= 0.3 is 5.97 Å². The molecule has 3 rings (SSSR count). The number of carbonyl (C=O) groups is 2. The van der Waals surface area contributed by atoms with E-state index in [0.29, 0.717) is 31.7 Å².